The zero-order valence-corrected chi connectivity index (χ0v) is 17.5. The summed E-state index contributed by atoms with van der Waals surface area (Å²) in [5.74, 6) is -0.0943. The van der Waals surface area contributed by atoms with Crippen molar-refractivity contribution in [1.29, 1.82) is 0 Å². The lowest BCUT2D eigenvalue weighted by molar-refractivity contribution is 0.0698. The maximum Gasteiger partial charge on any atom is 0.253 e. The fourth-order valence-electron chi connectivity index (χ4n) is 3.43. The van der Waals surface area contributed by atoms with Gasteiger partial charge in [-0.2, -0.15) is 13.1 Å². The van der Waals surface area contributed by atoms with Crippen LogP contribution in [0.25, 0.3) is 21.3 Å². The first-order valence-electron chi connectivity index (χ1n) is 8.88. The van der Waals surface area contributed by atoms with E-state index in [1.54, 1.807) is 34.7 Å². The van der Waals surface area contributed by atoms with Gasteiger partial charge in [-0.05, 0) is 30.3 Å². The molecule has 1 fully saturated rings. The van der Waals surface area contributed by atoms with Crippen molar-refractivity contribution in [3.05, 3.63) is 47.5 Å². The monoisotopic (exact) mass is 445 g/mol. The van der Waals surface area contributed by atoms with Gasteiger partial charge in [0.1, 0.15) is 15.9 Å². The highest BCUT2D eigenvalue weighted by atomic mass is 32.2. The second-order valence-electron chi connectivity index (χ2n) is 6.62. The summed E-state index contributed by atoms with van der Waals surface area (Å²) < 4.78 is 36.9. The normalized spacial score (nSPS) is 15.9. The van der Waals surface area contributed by atoms with Crippen LogP contribution in [0, 0.1) is 0 Å². The summed E-state index contributed by atoms with van der Waals surface area (Å²) in [7, 11) is -3.70. The maximum absolute atomic E-state index is 13.1. The molecule has 4 aromatic rings. The summed E-state index contributed by atoms with van der Waals surface area (Å²) in [5, 5.41) is 0. The molecule has 0 aliphatic carbocycles. The molecule has 2 aromatic heterocycles. The molecule has 8 nitrogen and oxygen atoms in total. The van der Waals surface area contributed by atoms with E-state index in [2.05, 4.69) is 13.7 Å². The lowest BCUT2D eigenvalue weighted by Crippen LogP contribution is -2.50. The number of rotatable bonds is 3. The summed E-state index contributed by atoms with van der Waals surface area (Å²) in [6.45, 7) is 1.16. The van der Waals surface area contributed by atoms with Gasteiger partial charge in [-0.3, -0.25) is 4.79 Å². The molecule has 0 N–H and O–H groups in total. The molecule has 11 heteroatoms. The zero-order valence-electron chi connectivity index (χ0n) is 15.1. The van der Waals surface area contributed by atoms with E-state index < -0.39 is 10.0 Å². The number of carbonyl (C=O) groups excluding carboxylic acids is 1. The molecule has 2 aromatic carbocycles. The van der Waals surface area contributed by atoms with E-state index in [1.807, 2.05) is 12.1 Å². The molecule has 1 saturated heterocycles. The SMILES string of the molecule is O=C(c1ccc2ncsc2c1)N1CCN(S(=O)(=O)c2cccc3nsnc23)CC1. The van der Waals surface area contributed by atoms with Gasteiger partial charge in [0.25, 0.3) is 5.91 Å². The van der Waals surface area contributed by atoms with Gasteiger partial charge >= 0.3 is 0 Å². The van der Waals surface area contributed by atoms with E-state index in [0.717, 1.165) is 21.9 Å². The number of thiazole rings is 1. The Labute approximate surface area is 174 Å². The van der Waals surface area contributed by atoms with Crippen LogP contribution in [0.1, 0.15) is 10.4 Å². The molecular weight excluding hydrogens is 430 g/mol. The maximum atomic E-state index is 13.1. The Balaban J connectivity index is 1.34. The number of piperazine rings is 1. The largest absolute Gasteiger partial charge is 0.336 e. The summed E-state index contributed by atoms with van der Waals surface area (Å²) >= 11 is 2.48. The third-order valence-corrected chi connectivity index (χ3v) is 8.24. The fraction of sp³-hybridized carbons (Fsp3) is 0.222. The summed E-state index contributed by atoms with van der Waals surface area (Å²) in [6, 6.07) is 10.4. The smallest absolute Gasteiger partial charge is 0.253 e. The van der Waals surface area contributed by atoms with E-state index in [0.29, 0.717) is 29.7 Å². The summed E-state index contributed by atoms with van der Waals surface area (Å²) in [5.41, 5.74) is 4.18. The van der Waals surface area contributed by atoms with Crippen molar-refractivity contribution in [2.75, 3.05) is 26.2 Å². The number of fused-ring (bicyclic) bond motifs is 2. The Morgan fingerprint density at radius 2 is 1.83 bits per heavy atom. The Bertz CT molecular complexity index is 1320. The molecule has 0 saturated carbocycles. The molecule has 29 heavy (non-hydrogen) atoms. The Hall–Kier alpha value is -2.47. The van der Waals surface area contributed by atoms with Crippen LogP contribution >= 0.6 is 23.1 Å². The molecule has 0 bridgehead atoms. The topological polar surface area (TPSA) is 96.4 Å². The van der Waals surface area contributed by atoms with E-state index in [-0.39, 0.29) is 23.9 Å². The van der Waals surface area contributed by atoms with Gasteiger partial charge < -0.3 is 4.90 Å². The third-order valence-electron chi connectivity index (χ3n) is 4.97. The predicted molar refractivity (Wildman–Crippen MR) is 112 cm³/mol. The molecule has 0 unspecified atom stereocenters. The second-order valence-corrected chi connectivity index (χ2v) is 9.94. The molecule has 0 atom stereocenters. The first-order valence-corrected chi connectivity index (χ1v) is 11.9. The van der Waals surface area contributed by atoms with Crippen LogP contribution < -0.4 is 0 Å². The highest BCUT2D eigenvalue weighted by Crippen LogP contribution is 2.26. The van der Waals surface area contributed by atoms with Crippen molar-refractivity contribution in [2.24, 2.45) is 0 Å². The van der Waals surface area contributed by atoms with Gasteiger partial charge in [0.2, 0.25) is 10.0 Å². The van der Waals surface area contributed by atoms with E-state index in [4.69, 9.17) is 0 Å². The van der Waals surface area contributed by atoms with Crippen LogP contribution in [-0.4, -0.2) is 63.4 Å². The van der Waals surface area contributed by atoms with Gasteiger partial charge in [0.05, 0.1) is 27.5 Å². The third kappa shape index (κ3) is 3.19. The number of sulfonamides is 1. The van der Waals surface area contributed by atoms with Crippen molar-refractivity contribution in [3.8, 4) is 0 Å². The van der Waals surface area contributed by atoms with Crippen molar-refractivity contribution in [2.45, 2.75) is 4.90 Å². The van der Waals surface area contributed by atoms with E-state index in [9.17, 15) is 13.2 Å². The molecule has 1 aliphatic rings. The predicted octanol–water partition coefficient (Wildman–Crippen LogP) is 2.45. The van der Waals surface area contributed by atoms with Crippen molar-refractivity contribution >= 4 is 60.2 Å². The highest BCUT2D eigenvalue weighted by Gasteiger charge is 2.32. The molecule has 0 spiro atoms. The minimum atomic E-state index is -3.70. The second kappa shape index (κ2) is 7.10. The number of aromatic nitrogens is 3. The lowest BCUT2D eigenvalue weighted by atomic mass is 10.2. The first kappa shape index (κ1) is 18.6. The lowest BCUT2D eigenvalue weighted by Gasteiger charge is -2.34. The minimum Gasteiger partial charge on any atom is -0.336 e. The van der Waals surface area contributed by atoms with Crippen LogP contribution in [0.5, 0.6) is 0 Å². The number of amides is 1. The van der Waals surface area contributed by atoms with Gasteiger partial charge in [-0.1, -0.05) is 6.07 Å². The van der Waals surface area contributed by atoms with Gasteiger partial charge in [0.15, 0.2) is 0 Å². The van der Waals surface area contributed by atoms with E-state index in [1.165, 1.54) is 15.6 Å². The quantitative estimate of drug-likeness (QED) is 0.481. The first-order chi connectivity index (χ1) is 14.0. The number of hydrogen-bond acceptors (Lipinski definition) is 8. The number of benzene rings is 2. The average Bonchev–Trinajstić information content (AvgIpc) is 3.41. The van der Waals surface area contributed by atoms with Gasteiger partial charge in [-0.25, -0.2) is 13.4 Å². The minimum absolute atomic E-state index is 0.0943. The van der Waals surface area contributed by atoms with Crippen LogP contribution in [0.4, 0.5) is 0 Å². The van der Waals surface area contributed by atoms with Crippen molar-refractivity contribution < 1.29 is 13.2 Å². The van der Waals surface area contributed by atoms with Crippen LogP contribution in [-0.2, 0) is 10.0 Å². The molecule has 1 amide bonds. The molecule has 5 rings (SSSR count). The Morgan fingerprint density at radius 1 is 1.00 bits per heavy atom. The van der Waals surface area contributed by atoms with Crippen LogP contribution in [0.15, 0.2) is 46.8 Å². The van der Waals surface area contributed by atoms with Crippen LogP contribution in [0.2, 0.25) is 0 Å². The average molecular weight is 446 g/mol. The fourth-order valence-corrected chi connectivity index (χ4v) is 6.32. The van der Waals surface area contributed by atoms with Gasteiger partial charge in [-0.15, -0.1) is 11.3 Å². The molecular formula is C18H15N5O3S3. The van der Waals surface area contributed by atoms with Crippen molar-refractivity contribution in [3.63, 3.8) is 0 Å². The molecule has 1 aliphatic heterocycles. The number of hydrogen-bond donors (Lipinski definition) is 0. The summed E-state index contributed by atoms with van der Waals surface area (Å²) in [4.78, 5) is 18.9. The van der Waals surface area contributed by atoms with E-state index >= 15 is 0 Å². The molecule has 0 radical (unpaired) electrons. The zero-order chi connectivity index (χ0) is 20.0. The molecule has 148 valence electrons. The number of carbonyl (C=O) groups is 1. The highest BCUT2D eigenvalue weighted by molar-refractivity contribution is 7.89. The Kier molecular flexibility index (Phi) is 4.54. The van der Waals surface area contributed by atoms with Crippen molar-refractivity contribution in [1.82, 2.24) is 22.9 Å². The van der Waals surface area contributed by atoms with Crippen LogP contribution in [0.3, 0.4) is 0 Å². The van der Waals surface area contributed by atoms with Gasteiger partial charge in [0, 0.05) is 31.7 Å². The Morgan fingerprint density at radius 3 is 2.66 bits per heavy atom. The summed E-state index contributed by atoms with van der Waals surface area (Å²) in [6.07, 6.45) is 0. The number of nitrogens with zero attached hydrogens (tertiary/aromatic N) is 5. The molecule has 3 heterocycles. The standard InChI is InChI=1S/C18H15N5O3S3/c24-18(12-4-5-13-15(10-12)27-11-19-13)22-6-8-23(9-7-22)29(25,26)16-3-1-2-14-17(16)21-28-20-14/h1-5,10-11H,6-9H2.